The summed E-state index contributed by atoms with van der Waals surface area (Å²) in [6.45, 7) is -0.134. The average molecular weight is 685 g/mol. The monoisotopic (exact) mass is 684 g/mol. The van der Waals surface area contributed by atoms with E-state index in [4.69, 9.17) is 26.8 Å². The van der Waals surface area contributed by atoms with E-state index in [2.05, 4.69) is 5.32 Å². The quantitative estimate of drug-likeness (QED) is 0.137. The molecule has 0 saturated carbocycles. The predicted octanol–water partition coefficient (Wildman–Crippen LogP) is 7.34. The van der Waals surface area contributed by atoms with E-state index >= 15 is 0 Å². The number of carbonyl (C=O) groups excluding carboxylic acids is 2. The van der Waals surface area contributed by atoms with Gasteiger partial charge in [-0.25, -0.2) is 4.79 Å². The summed E-state index contributed by atoms with van der Waals surface area (Å²) in [5.41, 5.74) is -2.97. The third-order valence-electron chi connectivity index (χ3n) is 6.60. The number of rotatable bonds is 9. The van der Waals surface area contributed by atoms with E-state index in [1.54, 1.807) is 0 Å². The van der Waals surface area contributed by atoms with Crippen LogP contribution in [0.3, 0.4) is 0 Å². The van der Waals surface area contributed by atoms with Gasteiger partial charge in [0, 0.05) is 18.5 Å². The summed E-state index contributed by atoms with van der Waals surface area (Å²) in [6, 6.07) is 9.02. The van der Waals surface area contributed by atoms with Crippen molar-refractivity contribution in [3.8, 4) is 22.6 Å². The highest BCUT2D eigenvalue weighted by molar-refractivity contribution is 8.26. The molecule has 46 heavy (non-hydrogen) atoms. The number of aromatic carboxylic acids is 1. The summed E-state index contributed by atoms with van der Waals surface area (Å²) in [4.78, 5) is 38.3. The van der Waals surface area contributed by atoms with E-state index in [1.807, 2.05) is 0 Å². The van der Waals surface area contributed by atoms with Gasteiger partial charge in [0.25, 0.3) is 5.91 Å². The van der Waals surface area contributed by atoms with Crippen LogP contribution in [0.5, 0.6) is 11.5 Å². The fourth-order valence-corrected chi connectivity index (χ4v) is 5.64. The van der Waals surface area contributed by atoms with E-state index in [9.17, 15) is 40.7 Å². The molecule has 1 fully saturated rings. The highest BCUT2D eigenvalue weighted by Crippen LogP contribution is 2.40. The van der Waals surface area contributed by atoms with Gasteiger partial charge in [0.2, 0.25) is 5.91 Å². The number of nitrogens with one attached hydrogen (secondary N) is 1. The van der Waals surface area contributed by atoms with E-state index in [0.29, 0.717) is 12.1 Å². The molecule has 0 bridgehead atoms. The largest absolute Gasteiger partial charge is 0.496 e. The van der Waals surface area contributed by atoms with Gasteiger partial charge < -0.3 is 19.9 Å². The molecule has 0 aromatic heterocycles. The lowest BCUT2D eigenvalue weighted by atomic mass is 9.97. The molecule has 1 aliphatic heterocycles. The summed E-state index contributed by atoms with van der Waals surface area (Å²) in [6.07, 6.45) is -8.94. The van der Waals surface area contributed by atoms with Gasteiger partial charge in [0.15, 0.2) is 0 Å². The van der Waals surface area contributed by atoms with Crippen LogP contribution in [0.25, 0.3) is 17.2 Å². The highest BCUT2D eigenvalue weighted by Gasteiger charge is 2.37. The highest BCUT2D eigenvalue weighted by atomic mass is 32.2. The van der Waals surface area contributed by atoms with Gasteiger partial charge in [-0.3, -0.25) is 14.5 Å². The minimum atomic E-state index is -5.03. The molecule has 1 aliphatic rings. The molecular formula is C30H22F6N2O6S2. The fourth-order valence-electron chi connectivity index (χ4n) is 4.34. The zero-order valence-electron chi connectivity index (χ0n) is 23.7. The number of hydrogen-bond acceptors (Lipinski definition) is 7. The van der Waals surface area contributed by atoms with Crippen LogP contribution in [0, 0.1) is 0 Å². The minimum Gasteiger partial charge on any atom is -0.496 e. The Morgan fingerprint density at radius 2 is 1.54 bits per heavy atom. The van der Waals surface area contributed by atoms with Crippen molar-refractivity contribution >= 4 is 57.8 Å². The Kier molecular flexibility index (Phi) is 10.0. The van der Waals surface area contributed by atoms with Gasteiger partial charge in [-0.2, -0.15) is 26.3 Å². The molecule has 3 aromatic rings. The number of alkyl halides is 6. The third kappa shape index (κ3) is 7.80. The molecule has 2 amide bonds. The van der Waals surface area contributed by atoms with Gasteiger partial charge >= 0.3 is 18.3 Å². The lowest BCUT2D eigenvalue weighted by molar-refractivity contribution is -0.143. The Bertz CT molecular complexity index is 1720. The second kappa shape index (κ2) is 13.4. The number of carbonyl (C=O) groups is 3. The molecule has 4 rings (SSSR count). The summed E-state index contributed by atoms with van der Waals surface area (Å²) < 4.78 is 91.1. The van der Waals surface area contributed by atoms with Crippen molar-refractivity contribution in [2.24, 2.45) is 0 Å². The van der Waals surface area contributed by atoms with Crippen LogP contribution in [0.1, 0.15) is 33.5 Å². The maximum absolute atomic E-state index is 13.4. The number of methoxy groups -OCH3 is 2. The van der Waals surface area contributed by atoms with Crippen LogP contribution in [0.15, 0.2) is 59.5 Å². The number of thioether (sulfide) groups is 1. The van der Waals surface area contributed by atoms with Crippen molar-refractivity contribution in [2.75, 3.05) is 26.1 Å². The lowest BCUT2D eigenvalue weighted by Crippen LogP contribution is -2.31. The van der Waals surface area contributed by atoms with Crippen molar-refractivity contribution in [1.29, 1.82) is 0 Å². The molecule has 0 radical (unpaired) electrons. The molecular weight excluding hydrogens is 662 g/mol. The number of carboxylic acids is 1. The van der Waals surface area contributed by atoms with Crippen LogP contribution in [0.2, 0.25) is 0 Å². The number of nitrogens with zero attached hydrogens (tertiary/aromatic N) is 1. The summed E-state index contributed by atoms with van der Waals surface area (Å²) in [5.74, 6) is -2.02. The maximum atomic E-state index is 13.4. The Labute approximate surface area is 267 Å². The molecule has 0 spiro atoms. The smallest absolute Gasteiger partial charge is 0.416 e. The van der Waals surface area contributed by atoms with E-state index in [-0.39, 0.29) is 67.7 Å². The molecule has 1 heterocycles. The van der Waals surface area contributed by atoms with Gasteiger partial charge in [-0.1, -0.05) is 30.0 Å². The Balaban J connectivity index is 1.56. The summed E-state index contributed by atoms with van der Waals surface area (Å²) in [7, 11) is 2.60. The molecule has 8 nitrogen and oxygen atoms in total. The molecule has 2 N–H and O–H groups in total. The van der Waals surface area contributed by atoms with Gasteiger partial charge in [-0.15, -0.1) is 0 Å². The number of amides is 2. The molecule has 1 saturated heterocycles. The SMILES string of the molecule is COc1ccc(-c2cc(C(F)(F)F)cc(C(F)(F)F)c2)cc1/C=C1\SC(=S)N(CCC(=O)Nc2ccc(C(=O)O)cc2OC)C1=O. The Hall–Kier alpha value is -4.57. The first kappa shape index (κ1) is 34.3. The predicted molar refractivity (Wildman–Crippen MR) is 162 cm³/mol. The van der Waals surface area contributed by atoms with Crippen LogP contribution in [-0.4, -0.2) is 52.9 Å². The molecule has 0 unspecified atom stereocenters. The second-order valence-corrected chi connectivity index (χ2v) is 11.3. The summed E-state index contributed by atoms with van der Waals surface area (Å²) in [5, 5.41) is 11.7. The Morgan fingerprint density at radius 3 is 2.11 bits per heavy atom. The number of ether oxygens (including phenoxy) is 2. The van der Waals surface area contributed by atoms with Crippen LogP contribution >= 0.6 is 24.0 Å². The zero-order chi connectivity index (χ0) is 34.0. The number of halogens is 6. The minimum absolute atomic E-state index is 0.00242. The van der Waals surface area contributed by atoms with E-state index in [0.717, 1.165) is 16.7 Å². The van der Waals surface area contributed by atoms with Crippen molar-refractivity contribution < 1.29 is 55.3 Å². The first-order chi connectivity index (χ1) is 21.5. The molecule has 0 aliphatic carbocycles. The normalized spacial score (nSPS) is 14.5. The van der Waals surface area contributed by atoms with Crippen molar-refractivity contribution in [2.45, 2.75) is 18.8 Å². The topological polar surface area (TPSA) is 105 Å². The molecule has 242 valence electrons. The van der Waals surface area contributed by atoms with Crippen LogP contribution in [-0.2, 0) is 21.9 Å². The fraction of sp³-hybridized carbons (Fsp3) is 0.200. The van der Waals surface area contributed by atoms with Crippen LogP contribution in [0.4, 0.5) is 32.0 Å². The molecule has 16 heteroatoms. The van der Waals surface area contributed by atoms with Gasteiger partial charge in [0.05, 0.1) is 41.5 Å². The van der Waals surface area contributed by atoms with Gasteiger partial charge in [0.1, 0.15) is 15.8 Å². The standard InChI is InChI=1S/C30H22F6N2O6S2/c1-43-22-6-4-15(17-10-19(29(31,32)33)14-20(11-17)30(34,35)36)9-18(22)13-24-26(40)38(28(45)46-24)8-7-25(39)37-21-5-3-16(27(41)42)12-23(21)44-2/h3-6,9-14H,7-8H2,1-2H3,(H,37,39)(H,41,42)/b24-13-. The van der Waals surface area contributed by atoms with Crippen LogP contribution < -0.4 is 14.8 Å². The van der Waals surface area contributed by atoms with Crippen molar-refractivity contribution in [3.05, 3.63) is 81.8 Å². The number of hydrogen-bond donors (Lipinski definition) is 2. The number of thiocarbonyl (C=S) groups is 1. The first-order valence-electron chi connectivity index (χ1n) is 13.0. The lowest BCUT2D eigenvalue weighted by Gasteiger charge is -2.15. The van der Waals surface area contributed by atoms with E-state index in [1.165, 1.54) is 56.7 Å². The van der Waals surface area contributed by atoms with E-state index < -0.39 is 41.3 Å². The molecule has 3 aromatic carbocycles. The zero-order valence-corrected chi connectivity index (χ0v) is 25.3. The number of carboxylic acid groups (broad SMARTS) is 1. The molecule has 0 atom stereocenters. The van der Waals surface area contributed by atoms with Crippen molar-refractivity contribution in [1.82, 2.24) is 4.90 Å². The van der Waals surface area contributed by atoms with Gasteiger partial charge in [-0.05, 0) is 65.7 Å². The second-order valence-electron chi connectivity index (χ2n) is 9.60. The maximum Gasteiger partial charge on any atom is 0.416 e. The number of benzene rings is 3. The Morgan fingerprint density at radius 1 is 0.913 bits per heavy atom. The summed E-state index contributed by atoms with van der Waals surface area (Å²) >= 11 is 6.19. The van der Waals surface area contributed by atoms with Crippen molar-refractivity contribution in [3.63, 3.8) is 0 Å². The first-order valence-corrected chi connectivity index (χ1v) is 14.2. The third-order valence-corrected chi connectivity index (χ3v) is 7.97. The average Bonchev–Trinajstić information content (AvgIpc) is 3.26. The number of anilines is 1.